The first-order chi connectivity index (χ1) is 16.8. The molecule has 0 spiro atoms. The van der Waals surface area contributed by atoms with E-state index in [0.717, 1.165) is 22.3 Å². The van der Waals surface area contributed by atoms with Crippen LogP contribution in [-0.4, -0.2) is 33.1 Å². The van der Waals surface area contributed by atoms with Gasteiger partial charge in [-0.15, -0.1) is 0 Å². The van der Waals surface area contributed by atoms with E-state index in [1.807, 2.05) is 45.9 Å². The standard InChI is InChI=1S/C25H26F3N5O3/c1-13-9-14(5-6-16(13)12-30-22(35)20-32-23(36-33-20)24(2,3)4)15-7-8-29-19(10-15)31-21(34)17-11-18(17)25(26,27)28/h5-10,17-18H,11-12H2,1-4H3,(H,30,35)(H,29,31,34)/t17-,18+/m1/s1. The summed E-state index contributed by atoms with van der Waals surface area (Å²) in [7, 11) is 0. The molecule has 2 atom stereocenters. The monoisotopic (exact) mass is 501 g/mol. The molecule has 2 N–H and O–H groups in total. The topological polar surface area (TPSA) is 110 Å². The van der Waals surface area contributed by atoms with Crippen LogP contribution in [0.15, 0.2) is 41.1 Å². The van der Waals surface area contributed by atoms with E-state index < -0.39 is 29.8 Å². The molecule has 11 heteroatoms. The van der Waals surface area contributed by atoms with Crippen LogP contribution in [0.25, 0.3) is 11.1 Å². The van der Waals surface area contributed by atoms with Crippen molar-refractivity contribution in [3.05, 3.63) is 59.4 Å². The Morgan fingerprint density at radius 1 is 1.11 bits per heavy atom. The Morgan fingerprint density at radius 3 is 2.44 bits per heavy atom. The SMILES string of the molecule is Cc1cc(-c2ccnc(NC(=O)[C@@H]3C[C@@H]3C(F)(F)F)c2)ccc1CNC(=O)c1noc(C(C)(C)C)n1. The van der Waals surface area contributed by atoms with Gasteiger partial charge in [0.05, 0.1) is 11.8 Å². The maximum atomic E-state index is 12.7. The van der Waals surface area contributed by atoms with Crippen molar-refractivity contribution in [3.8, 4) is 11.1 Å². The van der Waals surface area contributed by atoms with Gasteiger partial charge in [-0.1, -0.05) is 44.1 Å². The highest BCUT2D eigenvalue weighted by Crippen LogP contribution is 2.50. The summed E-state index contributed by atoms with van der Waals surface area (Å²) in [6.45, 7) is 7.87. The van der Waals surface area contributed by atoms with E-state index in [0.29, 0.717) is 5.89 Å². The summed E-state index contributed by atoms with van der Waals surface area (Å²) in [6, 6.07) is 8.97. The predicted octanol–water partition coefficient (Wildman–Crippen LogP) is 4.80. The Labute approximate surface area is 205 Å². The van der Waals surface area contributed by atoms with Crippen molar-refractivity contribution >= 4 is 17.6 Å². The van der Waals surface area contributed by atoms with Crippen molar-refractivity contribution in [3.63, 3.8) is 0 Å². The second kappa shape index (κ2) is 9.36. The molecule has 36 heavy (non-hydrogen) atoms. The van der Waals surface area contributed by atoms with E-state index >= 15 is 0 Å². The van der Waals surface area contributed by atoms with Gasteiger partial charge in [-0.05, 0) is 47.7 Å². The number of hydrogen-bond donors (Lipinski definition) is 2. The normalized spacial score (nSPS) is 17.5. The van der Waals surface area contributed by atoms with Crippen molar-refractivity contribution in [2.45, 2.75) is 52.3 Å². The summed E-state index contributed by atoms with van der Waals surface area (Å²) in [5, 5.41) is 9.00. The third-order valence-electron chi connectivity index (χ3n) is 5.94. The van der Waals surface area contributed by atoms with Crippen LogP contribution in [0.4, 0.5) is 19.0 Å². The van der Waals surface area contributed by atoms with E-state index in [4.69, 9.17) is 4.52 Å². The van der Waals surface area contributed by atoms with Gasteiger partial charge in [0, 0.05) is 18.2 Å². The highest BCUT2D eigenvalue weighted by Gasteiger charge is 2.58. The third-order valence-corrected chi connectivity index (χ3v) is 5.94. The lowest BCUT2D eigenvalue weighted by atomic mass is 9.97. The summed E-state index contributed by atoms with van der Waals surface area (Å²) < 4.78 is 43.4. The molecule has 1 fully saturated rings. The Bertz CT molecular complexity index is 1300. The summed E-state index contributed by atoms with van der Waals surface area (Å²) in [4.78, 5) is 32.8. The first-order valence-electron chi connectivity index (χ1n) is 11.4. The van der Waals surface area contributed by atoms with Gasteiger partial charge in [-0.25, -0.2) is 4.98 Å². The van der Waals surface area contributed by atoms with Crippen LogP contribution in [-0.2, 0) is 16.8 Å². The number of nitrogens with zero attached hydrogens (tertiary/aromatic N) is 3. The summed E-state index contributed by atoms with van der Waals surface area (Å²) in [5.74, 6) is -3.26. The summed E-state index contributed by atoms with van der Waals surface area (Å²) in [5.41, 5.74) is 2.99. The van der Waals surface area contributed by atoms with Crippen LogP contribution < -0.4 is 10.6 Å². The van der Waals surface area contributed by atoms with E-state index in [1.165, 1.54) is 6.20 Å². The highest BCUT2D eigenvalue weighted by atomic mass is 19.4. The van der Waals surface area contributed by atoms with Gasteiger partial charge in [0.15, 0.2) is 0 Å². The molecule has 2 amide bonds. The molecular formula is C25H26F3N5O3. The maximum absolute atomic E-state index is 12.7. The molecule has 3 aromatic rings. The molecule has 0 bridgehead atoms. The van der Waals surface area contributed by atoms with Crippen molar-refractivity contribution < 1.29 is 27.3 Å². The molecule has 1 aromatic carbocycles. The van der Waals surface area contributed by atoms with Gasteiger partial charge in [-0.2, -0.15) is 18.2 Å². The van der Waals surface area contributed by atoms with Gasteiger partial charge in [-0.3, -0.25) is 9.59 Å². The second-order valence-electron chi connectivity index (χ2n) is 9.91. The first-order valence-corrected chi connectivity index (χ1v) is 11.4. The maximum Gasteiger partial charge on any atom is 0.392 e. The lowest BCUT2D eigenvalue weighted by Gasteiger charge is -2.11. The van der Waals surface area contributed by atoms with Crippen molar-refractivity contribution in [2.75, 3.05) is 5.32 Å². The molecule has 0 unspecified atom stereocenters. The molecule has 2 aromatic heterocycles. The number of benzene rings is 1. The zero-order valence-electron chi connectivity index (χ0n) is 20.2. The molecule has 190 valence electrons. The fourth-order valence-electron chi connectivity index (χ4n) is 3.69. The van der Waals surface area contributed by atoms with Crippen LogP contribution >= 0.6 is 0 Å². The fraction of sp³-hybridized carbons (Fsp3) is 0.400. The van der Waals surface area contributed by atoms with E-state index in [-0.39, 0.29) is 30.0 Å². The predicted molar refractivity (Wildman–Crippen MR) is 125 cm³/mol. The van der Waals surface area contributed by atoms with E-state index in [1.54, 1.807) is 12.1 Å². The number of carbonyl (C=O) groups is 2. The minimum atomic E-state index is -4.36. The lowest BCUT2D eigenvalue weighted by Crippen LogP contribution is -2.24. The minimum absolute atomic E-state index is 0.0340. The van der Waals surface area contributed by atoms with Gasteiger partial charge >= 0.3 is 6.18 Å². The molecular weight excluding hydrogens is 475 g/mol. The summed E-state index contributed by atoms with van der Waals surface area (Å²) >= 11 is 0. The number of alkyl halides is 3. The zero-order valence-corrected chi connectivity index (χ0v) is 20.2. The number of carbonyl (C=O) groups excluding carboxylic acids is 2. The average molecular weight is 502 g/mol. The number of aryl methyl sites for hydroxylation is 1. The zero-order chi connectivity index (χ0) is 26.3. The lowest BCUT2D eigenvalue weighted by molar-refractivity contribution is -0.153. The van der Waals surface area contributed by atoms with Crippen molar-refractivity contribution in [1.82, 2.24) is 20.4 Å². The molecule has 2 heterocycles. The molecule has 1 saturated carbocycles. The van der Waals surface area contributed by atoms with Gasteiger partial charge < -0.3 is 15.2 Å². The molecule has 1 aliphatic rings. The molecule has 0 saturated heterocycles. The number of pyridine rings is 1. The van der Waals surface area contributed by atoms with Crippen LogP contribution in [0.5, 0.6) is 0 Å². The highest BCUT2D eigenvalue weighted by molar-refractivity contribution is 5.94. The average Bonchev–Trinajstić information content (AvgIpc) is 3.47. The number of amides is 2. The van der Waals surface area contributed by atoms with Gasteiger partial charge in [0.2, 0.25) is 11.8 Å². The Morgan fingerprint density at radius 2 is 1.83 bits per heavy atom. The smallest absolute Gasteiger partial charge is 0.345 e. The fourth-order valence-corrected chi connectivity index (χ4v) is 3.69. The third kappa shape index (κ3) is 5.72. The molecule has 0 aliphatic heterocycles. The van der Waals surface area contributed by atoms with Crippen LogP contribution in [0.2, 0.25) is 0 Å². The van der Waals surface area contributed by atoms with Crippen molar-refractivity contribution in [1.29, 1.82) is 0 Å². The Hall–Kier alpha value is -3.76. The Kier molecular flexibility index (Phi) is 6.59. The second-order valence-corrected chi connectivity index (χ2v) is 9.91. The number of nitrogens with one attached hydrogen (secondary N) is 2. The van der Waals surface area contributed by atoms with Crippen LogP contribution in [0.1, 0.15) is 54.8 Å². The molecule has 4 rings (SSSR count). The number of halogens is 3. The largest absolute Gasteiger partial charge is 0.392 e. The molecule has 0 radical (unpaired) electrons. The van der Waals surface area contributed by atoms with Crippen LogP contribution in [0.3, 0.4) is 0 Å². The number of rotatable bonds is 6. The first kappa shape index (κ1) is 25.3. The number of aromatic nitrogens is 3. The van der Waals surface area contributed by atoms with Gasteiger partial charge in [0.1, 0.15) is 5.82 Å². The number of hydrogen-bond acceptors (Lipinski definition) is 6. The van der Waals surface area contributed by atoms with Gasteiger partial charge in [0.25, 0.3) is 11.7 Å². The van der Waals surface area contributed by atoms with E-state index in [9.17, 15) is 22.8 Å². The van der Waals surface area contributed by atoms with Crippen LogP contribution in [0, 0.1) is 18.8 Å². The van der Waals surface area contributed by atoms with Crippen molar-refractivity contribution in [2.24, 2.45) is 11.8 Å². The summed E-state index contributed by atoms with van der Waals surface area (Å²) in [6.07, 6.45) is -3.08. The minimum Gasteiger partial charge on any atom is -0.345 e. The van der Waals surface area contributed by atoms with E-state index in [2.05, 4.69) is 25.8 Å². The quantitative estimate of drug-likeness (QED) is 0.502. The Balaban J connectivity index is 1.39. The molecule has 1 aliphatic carbocycles. The number of anilines is 1. The molecule has 8 nitrogen and oxygen atoms in total.